The second kappa shape index (κ2) is 4.40. The lowest BCUT2D eigenvalue weighted by Crippen LogP contribution is -2.11. The normalized spacial score (nSPS) is 10.8. The van der Waals surface area contributed by atoms with Gasteiger partial charge in [-0.2, -0.15) is 5.26 Å². The number of fused-ring (bicyclic) bond motifs is 1. The maximum Gasteiger partial charge on any atom is 0.260 e. The average molecular weight is 275 g/mol. The highest BCUT2D eigenvalue weighted by Gasteiger charge is 2.23. The molecule has 0 aliphatic rings. The quantitative estimate of drug-likeness (QED) is 0.765. The molecule has 1 amide bonds. The Morgan fingerprint density at radius 1 is 1.42 bits per heavy atom. The molecule has 0 unspecified atom stereocenters. The molecule has 0 spiro atoms. The third-order valence-corrected chi connectivity index (χ3v) is 3.97. The van der Waals surface area contributed by atoms with Gasteiger partial charge in [0.2, 0.25) is 0 Å². The number of thiophene rings is 1. The van der Waals surface area contributed by atoms with Crippen molar-refractivity contribution in [2.24, 2.45) is 5.73 Å². The molecule has 0 aromatic carbocycles. The van der Waals surface area contributed by atoms with E-state index in [9.17, 15) is 10.1 Å². The van der Waals surface area contributed by atoms with Crippen molar-refractivity contribution >= 4 is 39.0 Å². The molecule has 0 saturated carbocycles. The van der Waals surface area contributed by atoms with Crippen molar-refractivity contribution in [3.8, 4) is 6.07 Å². The van der Waals surface area contributed by atoms with Crippen LogP contribution < -0.4 is 17.2 Å². The molecular weight excluding hydrogens is 262 g/mol. The lowest BCUT2D eigenvalue weighted by molar-refractivity contribution is 0.100. The van der Waals surface area contributed by atoms with Gasteiger partial charge in [0.1, 0.15) is 21.6 Å². The minimum absolute atomic E-state index is 0.0278. The maximum absolute atomic E-state index is 11.3. The lowest BCUT2D eigenvalue weighted by Gasteiger charge is -2.11. The van der Waals surface area contributed by atoms with E-state index in [0.717, 1.165) is 11.3 Å². The van der Waals surface area contributed by atoms with Gasteiger partial charge in [0.15, 0.2) is 0 Å². The first kappa shape index (κ1) is 13.1. The Kier molecular flexibility index (Phi) is 3.04. The fourth-order valence-electron chi connectivity index (χ4n) is 2.08. The number of aromatic nitrogens is 1. The van der Waals surface area contributed by atoms with Gasteiger partial charge < -0.3 is 17.2 Å². The number of rotatable bonds is 2. The van der Waals surface area contributed by atoms with Gasteiger partial charge in [0.05, 0.1) is 11.3 Å². The lowest BCUT2D eigenvalue weighted by atomic mass is 9.95. The molecule has 2 aromatic rings. The molecule has 7 heteroatoms. The third-order valence-electron chi connectivity index (χ3n) is 2.86. The van der Waals surface area contributed by atoms with Crippen LogP contribution in [0.1, 0.15) is 40.6 Å². The number of carbonyl (C=O) groups excluding carboxylic acids is 1. The van der Waals surface area contributed by atoms with Crippen LogP contribution in [0.25, 0.3) is 10.2 Å². The molecule has 6 nitrogen and oxygen atoms in total. The zero-order chi connectivity index (χ0) is 14.3. The van der Waals surface area contributed by atoms with Crippen LogP contribution in [-0.2, 0) is 0 Å². The van der Waals surface area contributed by atoms with Gasteiger partial charge in [-0.25, -0.2) is 4.98 Å². The van der Waals surface area contributed by atoms with Crippen molar-refractivity contribution in [3.63, 3.8) is 0 Å². The van der Waals surface area contributed by atoms with Crippen LogP contribution in [0.2, 0.25) is 0 Å². The maximum atomic E-state index is 11.3. The average Bonchev–Trinajstić information content (AvgIpc) is 2.64. The van der Waals surface area contributed by atoms with E-state index < -0.39 is 5.91 Å². The number of nitriles is 1. The van der Waals surface area contributed by atoms with Gasteiger partial charge in [-0.15, -0.1) is 11.3 Å². The van der Waals surface area contributed by atoms with Crippen LogP contribution in [-0.4, -0.2) is 10.9 Å². The van der Waals surface area contributed by atoms with Crippen molar-refractivity contribution in [1.29, 1.82) is 5.26 Å². The van der Waals surface area contributed by atoms with E-state index in [-0.39, 0.29) is 22.3 Å². The SMILES string of the molecule is CC(C)c1c(C#N)c(N)nc2sc(C(N)=O)c(N)c12. The number of nitrogens with zero attached hydrogens (tertiary/aromatic N) is 2. The summed E-state index contributed by atoms with van der Waals surface area (Å²) < 4.78 is 0. The highest BCUT2D eigenvalue weighted by Crippen LogP contribution is 2.40. The monoisotopic (exact) mass is 275 g/mol. The summed E-state index contributed by atoms with van der Waals surface area (Å²) in [5.41, 5.74) is 18.3. The van der Waals surface area contributed by atoms with Crippen molar-refractivity contribution in [2.45, 2.75) is 19.8 Å². The second-order valence-electron chi connectivity index (χ2n) is 4.44. The molecular formula is C12H13N5OS. The number of nitrogen functional groups attached to an aromatic ring is 2. The van der Waals surface area contributed by atoms with Crippen LogP contribution in [0.15, 0.2) is 0 Å². The van der Waals surface area contributed by atoms with Crippen LogP contribution in [0.4, 0.5) is 11.5 Å². The van der Waals surface area contributed by atoms with Crippen LogP contribution in [0.3, 0.4) is 0 Å². The predicted octanol–water partition coefficient (Wildman–Crippen LogP) is 1.55. The summed E-state index contributed by atoms with van der Waals surface area (Å²) in [7, 11) is 0. The fourth-order valence-corrected chi connectivity index (χ4v) is 3.05. The van der Waals surface area contributed by atoms with E-state index in [4.69, 9.17) is 17.2 Å². The van der Waals surface area contributed by atoms with Crippen LogP contribution in [0.5, 0.6) is 0 Å². The Hall–Kier alpha value is -2.33. The Labute approximate surface area is 113 Å². The summed E-state index contributed by atoms with van der Waals surface area (Å²) in [6, 6.07) is 2.05. The first-order valence-electron chi connectivity index (χ1n) is 5.59. The smallest absolute Gasteiger partial charge is 0.260 e. The van der Waals surface area contributed by atoms with Crippen molar-refractivity contribution in [2.75, 3.05) is 11.5 Å². The number of amides is 1. The van der Waals surface area contributed by atoms with E-state index in [0.29, 0.717) is 21.3 Å². The number of carbonyl (C=O) groups is 1. The predicted molar refractivity (Wildman–Crippen MR) is 75.8 cm³/mol. The van der Waals surface area contributed by atoms with Gasteiger partial charge in [0, 0.05) is 5.39 Å². The molecule has 0 bridgehead atoms. The number of primary amides is 1. The Bertz CT molecular complexity index is 726. The standard InChI is InChI=1S/C12H13N5OS/c1-4(2)6-5(3-13)10(15)17-12-7(6)8(14)9(19-12)11(16)18/h4H,14H2,1-2H3,(H2,15,17)(H2,16,18). The minimum atomic E-state index is -0.604. The van der Waals surface area contributed by atoms with Crippen molar-refractivity contribution in [1.82, 2.24) is 4.98 Å². The van der Waals surface area contributed by atoms with Crippen LogP contribution in [0, 0.1) is 11.3 Å². The largest absolute Gasteiger partial charge is 0.397 e. The molecule has 0 fully saturated rings. The first-order valence-corrected chi connectivity index (χ1v) is 6.41. The molecule has 19 heavy (non-hydrogen) atoms. The second-order valence-corrected chi connectivity index (χ2v) is 5.44. The topological polar surface area (TPSA) is 132 Å². The fraction of sp³-hybridized carbons (Fsp3) is 0.250. The zero-order valence-corrected chi connectivity index (χ0v) is 11.3. The summed E-state index contributed by atoms with van der Waals surface area (Å²) in [5, 5.41) is 9.83. The highest BCUT2D eigenvalue weighted by atomic mass is 32.1. The summed E-state index contributed by atoms with van der Waals surface area (Å²) in [6.45, 7) is 3.85. The summed E-state index contributed by atoms with van der Waals surface area (Å²) in [5.74, 6) is -0.427. The number of hydrogen-bond acceptors (Lipinski definition) is 6. The molecule has 6 N–H and O–H groups in total. The first-order chi connectivity index (χ1) is 8.88. The van der Waals surface area contributed by atoms with E-state index >= 15 is 0 Å². The van der Waals surface area contributed by atoms with E-state index in [2.05, 4.69) is 4.98 Å². The van der Waals surface area contributed by atoms with Gasteiger partial charge in [-0.3, -0.25) is 4.79 Å². The van der Waals surface area contributed by atoms with E-state index in [1.54, 1.807) is 0 Å². The Balaban J connectivity index is 3.00. The van der Waals surface area contributed by atoms with E-state index in [1.807, 2.05) is 19.9 Å². The molecule has 0 aliphatic carbocycles. The molecule has 0 saturated heterocycles. The van der Waals surface area contributed by atoms with Gasteiger partial charge in [-0.05, 0) is 11.5 Å². The zero-order valence-electron chi connectivity index (χ0n) is 10.5. The number of hydrogen-bond donors (Lipinski definition) is 3. The van der Waals surface area contributed by atoms with Gasteiger partial charge in [-0.1, -0.05) is 13.8 Å². The van der Waals surface area contributed by atoms with Crippen LogP contribution >= 0.6 is 11.3 Å². The van der Waals surface area contributed by atoms with Crippen molar-refractivity contribution in [3.05, 3.63) is 16.0 Å². The molecule has 0 radical (unpaired) electrons. The van der Waals surface area contributed by atoms with Gasteiger partial charge >= 0.3 is 0 Å². The highest BCUT2D eigenvalue weighted by molar-refractivity contribution is 7.21. The Morgan fingerprint density at radius 2 is 2.05 bits per heavy atom. The number of anilines is 2. The summed E-state index contributed by atoms with van der Waals surface area (Å²) >= 11 is 1.10. The molecule has 2 heterocycles. The number of nitrogens with two attached hydrogens (primary N) is 3. The third kappa shape index (κ3) is 1.86. The minimum Gasteiger partial charge on any atom is -0.397 e. The summed E-state index contributed by atoms with van der Waals surface area (Å²) in [6.07, 6.45) is 0. The van der Waals surface area contributed by atoms with Crippen molar-refractivity contribution < 1.29 is 4.79 Å². The number of pyridine rings is 1. The summed E-state index contributed by atoms with van der Waals surface area (Å²) in [4.78, 5) is 16.3. The Morgan fingerprint density at radius 3 is 2.53 bits per heavy atom. The van der Waals surface area contributed by atoms with Gasteiger partial charge in [0.25, 0.3) is 5.91 Å². The molecule has 0 aliphatic heterocycles. The van der Waals surface area contributed by atoms with E-state index in [1.165, 1.54) is 0 Å². The molecule has 98 valence electrons. The molecule has 2 rings (SSSR count). The molecule has 0 atom stereocenters. The molecule has 2 aromatic heterocycles.